The molecule has 158 valence electrons. The summed E-state index contributed by atoms with van der Waals surface area (Å²) in [6.07, 6.45) is 6.97. The van der Waals surface area contributed by atoms with Crippen LogP contribution in [0.15, 0.2) is 47.7 Å². The van der Waals surface area contributed by atoms with Crippen molar-refractivity contribution in [3.05, 3.63) is 48.3 Å². The zero-order valence-electron chi connectivity index (χ0n) is 17.0. The molecule has 29 heavy (non-hydrogen) atoms. The number of aliphatic imine (C=N–C) groups is 1. The van der Waals surface area contributed by atoms with Crippen LogP contribution < -0.4 is 15.5 Å². The fourth-order valence-electron chi connectivity index (χ4n) is 3.38. The summed E-state index contributed by atoms with van der Waals surface area (Å²) in [6, 6.07) is 10.1. The number of fused-ring (bicyclic) bond motifs is 1. The number of nitrogens with zero attached hydrogens (tertiary/aromatic N) is 4. The molecule has 1 aromatic carbocycles. The Morgan fingerprint density at radius 3 is 2.86 bits per heavy atom. The van der Waals surface area contributed by atoms with E-state index in [0.29, 0.717) is 6.42 Å². The van der Waals surface area contributed by atoms with Crippen LogP contribution in [0.3, 0.4) is 0 Å². The van der Waals surface area contributed by atoms with Crippen molar-refractivity contribution in [3.63, 3.8) is 0 Å². The SMILES string of the molecule is CCNC(=NCCCn1cccn1)NCCCC(=O)N1CCc2ccccc21.I. The number of aromatic nitrogens is 2. The number of halogens is 1. The van der Waals surface area contributed by atoms with Crippen molar-refractivity contribution in [2.75, 3.05) is 31.1 Å². The molecule has 0 aliphatic carbocycles. The Morgan fingerprint density at radius 2 is 2.07 bits per heavy atom. The first kappa shape index (κ1) is 23.2. The third kappa shape index (κ3) is 7.02. The predicted octanol–water partition coefficient (Wildman–Crippen LogP) is 2.82. The van der Waals surface area contributed by atoms with E-state index in [1.54, 1.807) is 6.20 Å². The van der Waals surface area contributed by atoms with Gasteiger partial charge in [-0.1, -0.05) is 18.2 Å². The summed E-state index contributed by atoms with van der Waals surface area (Å²) in [5, 5.41) is 10.8. The summed E-state index contributed by atoms with van der Waals surface area (Å²) >= 11 is 0. The number of anilines is 1. The molecular weight excluding hydrogens is 479 g/mol. The highest BCUT2D eigenvalue weighted by molar-refractivity contribution is 14.0. The molecule has 0 fully saturated rings. The van der Waals surface area contributed by atoms with Gasteiger partial charge in [0.25, 0.3) is 0 Å². The highest BCUT2D eigenvalue weighted by atomic mass is 127. The molecule has 2 N–H and O–H groups in total. The Kier molecular flexibility index (Phi) is 9.96. The maximum Gasteiger partial charge on any atom is 0.227 e. The van der Waals surface area contributed by atoms with Crippen molar-refractivity contribution in [1.29, 1.82) is 0 Å². The Hall–Kier alpha value is -2.10. The summed E-state index contributed by atoms with van der Waals surface area (Å²) in [4.78, 5) is 19.1. The Morgan fingerprint density at radius 1 is 1.21 bits per heavy atom. The number of aryl methyl sites for hydroxylation is 1. The largest absolute Gasteiger partial charge is 0.357 e. The second-order valence-electron chi connectivity index (χ2n) is 6.84. The standard InChI is InChI=1S/C21H30N6O.HI/c1-2-22-21(24-13-6-15-26-16-7-14-25-26)23-12-5-10-20(28)27-17-11-18-8-3-4-9-19(18)27;/h3-4,7-9,14,16H,2,5-6,10-13,15,17H2,1H3,(H2,22,23,24);1H. The summed E-state index contributed by atoms with van der Waals surface area (Å²) in [7, 11) is 0. The molecule has 1 aliphatic heterocycles. The average Bonchev–Trinajstić information content (AvgIpc) is 3.38. The Bertz CT molecular complexity index is 777. The summed E-state index contributed by atoms with van der Waals surface area (Å²) in [6.45, 7) is 5.99. The number of para-hydroxylation sites is 1. The van der Waals surface area contributed by atoms with Crippen LogP contribution in [-0.4, -0.2) is 47.8 Å². The quantitative estimate of drug-likeness (QED) is 0.236. The zero-order valence-corrected chi connectivity index (χ0v) is 19.3. The fourth-order valence-corrected chi connectivity index (χ4v) is 3.38. The molecular formula is C21H31IN6O. The lowest BCUT2D eigenvalue weighted by atomic mass is 10.2. The van der Waals surface area contributed by atoms with Crippen LogP contribution in [0, 0.1) is 0 Å². The van der Waals surface area contributed by atoms with Gasteiger partial charge < -0.3 is 15.5 Å². The maximum atomic E-state index is 12.5. The van der Waals surface area contributed by atoms with Gasteiger partial charge in [0.2, 0.25) is 5.91 Å². The van der Waals surface area contributed by atoms with Crippen LogP contribution in [0.1, 0.15) is 31.7 Å². The van der Waals surface area contributed by atoms with E-state index in [2.05, 4.69) is 33.7 Å². The lowest BCUT2D eigenvalue weighted by Crippen LogP contribution is -2.38. The van der Waals surface area contributed by atoms with Gasteiger partial charge in [-0.25, -0.2) is 0 Å². The van der Waals surface area contributed by atoms with Crippen molar-refractivity contribution in [3.8, 4) is 0 Å². The van der Waals surface area contributed by atoms with Crippen molar-refractivity contribution >= 4 is 41.5 Å². The smallest absolute Gasteiger partial charge is 0.227 e. The van der Waals surface area contributed by atoms with E-state index in [0.717, 1.165) is 63.6 Å². The van der Waals surface area contributed by atoms with Gasteiger partial charge in [-0.2, -0.15) is 5.10 Å². The van der Waals surface area contributed by atoms with E-state index >= 15 is 0 Å². The number of amides is 1. The molecule has 0 atom stereocenters. The van der Waals surface area contributed by atoms with E-state index in [-0.39, 0.29) is 29.9 Å². The van der Waals surface area contributed by atoms with Gasteiger partial charge in [0, 0.05) is 57.2 Å². The molecule has 0 saturated carbocycles. The van der Waals surface area contributed by atoms with Crippen molar-refractivity contribution in [1.82, 2.24) is 20.4 Å². The average molecular weight is 510 g/mol. The molecule has 0 spiro atoms. The third-order valence-corrected chi connectivity index (χ3v) is 4.77. The fraction of sp³-hybridized carbons (Fsp3) is 0.476. The Labute approximate surface area is 190 Å². The minimum atomic E-state index is 0. The molecule has 0 radical (unpaired) electrons. The van der Waals surface area contributed by atoms with Gasteiger partial charge in [-0.15, -0.1) is 24.0 Å². The molecule has 7 nitrogen and oxygen atoms in total. The number of nitrogens with one attached hydrogen (secondary N) is 2. The van der Waals surface area contributed by atoms with Crippen LogP contribution in [-0.2, 0) is 17.8 Å². The lowest BCUT2D eigenvalue weighted by molar-refractivity contribution is -0.118. The summed E-state index contributed by atoms with van der Waals surface area (Å²) in [5.41, 5.74) is 2.35. The topological polar surface area (TPSA) is 74.5 Å². The van der Waals surface area contributed by atoms with Crippen molar-refractivity contribution in [2.45, 2.75) is 39.2 Å². The highest BCUT2D eigenvalue weighted by Gasteiger charge is 2.23. The van der Waals surface area contributed by atoms with E-state index < -0.39 is 0 Å². The number of carbonyl (C=O) groups excluding carboxylic acids is 1. The minimum Gasteiger partial charge on any atom is -0.357 e. The van der Waals surface area contributed by atoms with Crippen molar-refractivity contribution in [2.24, 2.45) is 4.99 Å². The van der Waals surface area contributed by atoms with Crippen LogP contribution in [0.5, 0.6) is 0 Å². The summed E-state index contributed by atoms with van der Waals surface area (Å²) < 4.78 is 1.91. The van der Waals surface area contributed by atoms with Crippen LogP contribution >= 0.6 is 24.0 Å². The van der Waals surface area contributed by atoms with E-state index in [4.69, 9.17) is 0 Å². The number of carbonyl (C=O) groups is 1. The second-order valence-corrected chi connectivity index (χ2v) is 6.84. The molecule has 3 rings (SSSR count). The molecule has 0 unspecified atom stereocenters. The first-order valence-corrected chi connectivity index (χ1v) is 10.2. The third-order valence-electron chi connectivity index (χ3n) is 4.77. The number of rotatable bonds is 9. The zero-order chi connectivity index (χ0) is 19.6. The van der Waals surface area contributed by atoms with E-state index in [1.165, 1.54) is 5.56 Å². The molecule has 2 heterocycles. The van der Waals surface area contributed by atoms with Crippen LogP contribution in [0.4, 0.5) is 5.69 Å². The first-order valence-electron chi connectivity index (χ1n) is 10.2. The number of hydrogen-bond donors (Lipinski definition) is 2. The first-order chi connectivity index (χ1) is 13.8. The second kappa shape index (κ2) is 12.5. The lowest BCUT2D eigenvalue weighted by Gasteiger charge is -2.17. The molecule has 8 heteroatoms. The van der Waals surface area contributed by atoms with Gasteiger partial charge in [0.15, 0.2) is 5.96 Å². The Balaban J connectivity index is 0.00000300. The molecule has 2 aromatic rings. The van der Waals surface area contributed by atoms with Gasteiger partial charge in [-0.05, 0) is 43.9 Å². The van der Waals surface area contributed by atoms with Gasteiger partial charge in [-0.3, -0.25) is 14.5 Å². The maximum absolute atomic E-state index is 12.5. The van der Waals surface area contributed by atoms with Gasteiger partial charge in [0.1, 0.15) is 0 Å². The number of guanidine groups is 1. The molecule has 1 amide bonds. The summed E-state index contributed by atoms with van der Waals surface area (Å²) in [5.74, 6) is 1.01. The highest BCUT2D eigenvalue weighted by Crippen LogP contribution is 2.27. The van der Waals surface area contributed by atoms with Crippen LogP contribution in [0.25, 0.3) is 0 Å². The van der Waals surface area contributed by atoms with Gasteiger partial charge >= 0.3 is 0 Å². The van der Waals surface area contributed by atoms with Crippen LogP contribution in [0.2, 0.25) is 0 Å². The number of hydrogen-bond acceptors (Lipinski definition) is 3. The predicted molar refractivity (Wildman–Crippen MR) is 128 cm³/mol. The minimum absolute atomic E-state index is 0. The van der Waals surface area contributed by atoms with Crippen molar-refractivity contribution < 1.29 is 4.79 Å². The monoisotopic (exact) mass is 510 g/mol. The molecule has 0 bridgehead atoms. The molecule has 1 aliphatic rings. The molecule has 0 saturated heterocycles. The normalized spacial score (nSPS) is 13.0. The van der Waals surface area contributed by atoms with E-state index in [1.807, 2.05) is 40.0 Å². The molecule has 1 aromatic heterocycles. The van der Waals surface area contributed by atoms with Gasteiger partial charge in [0.05, 0.1) is 0 Å². The van der Waals surface area contributed by atoms with E-state index in [9.17, 15) is 4.79 Å². The number of benzene rings is 1.